The van der Waals surface area contributed by atoms with Crippen molar-refractivity contribution in [3.63, 3.8) is 0 Å². The summed E-state index contributed by atoms with van der Waals surface area (Å²) in [6.45, 7) is 2.03. The van der Waals surface area contributed by atoms with E-state index in [1.54, 1.807) is 36.4 Å². The molecule has 7 nitrogen and oxygen atoms in total. The number of anilines is 1. The summed E-state index contributed by atoms with van der Waals surface area (Å²) in [6, 6.07) is 22.2. The van der Waals surface area contributed by atoms with E-state index < -0.39 is 5.25 Å². The molecule has 2 atom stereocenters. The summed E-state index contributed by atoms with van der Waals surface area (Å²) in [5.41, 5.74) is 4.46. The van der Waals surface area contributed by atoms with Crippen LogP contribution in [-0.2, 0) is 9.59 Å². The molecule has 3 aromatic carbocycles. The standard InChI is InChI=1S/C28H25ClN4O3S/c1-17-3-5-18(6-4-17)23-15-24(19-7-9-20(29)10-8-19)33(31-23)28(30)37-25-16-26(34)32(27(25)35)21-11-13-22(36-2)14-12-21/h3-14,24-25,30H,15-16H2,1-2H3/t24-,25-/m0/s1. The van der Waals surface area contributed by atoms with Gasteiger partial charge in [-0.15, -0.1) is 0 Å². The van der Waals surface area contributed by atoms with E-state index in [1.165, 1.54) is 4.90 Å². The van der Waals surface area contributed by atoms with Crippen LogP contribution in [0.5, 0.6) is 5.75 Å². The number of nitrogens with zero attached hydrogens (tertiary/aromatic N) is 3. The molecule has 0 bridgehead atoms. The smallest absolute Gasteiger partial charge is 0.247 e. The lowest BCUT2D eigenvalue weighted by atomic mass is 9.98. The number of hydrazone groups is 1. The topological polar surface area (TPSA) is 86.1 Å². The molecule has 2 aliphatic rings. The minimum Gasteiger partial charge on any atom is -0.497 e. The largest absolute Gasteiger partial charge is 0.497 e. The Morgan fingerprint density at radius 1 is 1.00 bits per heavy atom. The monoisotopic (exact) mass is 532 g/mol. The highest BCUT2D eigenvalue weighted by atomic mass is 35.5. The molecule has 0 radical (unpaired) electrons. The van der Waals surface area contributed by atoms with Gasteiger partial charge in [-0.25, -0.2) is 9.91 Å². The quantitative estimate of drug-likeness (QED) is 0.255. The Bertz CT molecular complexity index is 1370. The van der Waals surface area contributed by atoms with Crippen LogP contribution >= 0.6 is 23.4 Å². The highest BCUT2D eigenvalue weighted by Crippen LogP contribution is 2.38. The van der Waals surface area contributed by atoms with Crippen LogP contribution in [0.1, 0.15) is 35.6 Å². The molecule has 1 saturated heterocycles. The lowest BCUT2D eigenvalue weighted by Crippen LogP contribution is -2.32. The molecule has 2 amide bonds. The summed E-state index contributed by atoms with van der Waals surface area (Å²) in [4.78, 5) is 27.2. The van der Waals surface area contributed by atoms with Crippen molar-refractivity contribution >= 4 is 51.7 Å². The second-order valence-corrected chi connectivity index (χ2v) is 10.5. The van der Waals surface area contributed by atoms with Gasteiger partial charge in [0.25, 0.3) is 0 Å². The first-order valence-corrected chi connectivity index (χ1v) is 13.0. The number of hydrogen-bond acceptors (Lipinski definition) is 6. The number of nitrogens with one attached hydrogen (secondary N) is 1. The Morgan fingerprint density at radius 2 is 1.68 bits per heavy atom. The van der Waals surface area contributed by atoms with Gasteiger partial charge in [-0.05, 0) is 54.4 Å². The molecular formula is C28H25ClN4O3S. The average molecular weight is 533 g/mol. The fourth-order valence-corrected chi connectivity index (χ4v) is 5.55. The van der Waals surface area contributed by atoms with Crippen molar-refractivity contribution in [1.82, 2.24) is 5.01 Å². The SMILES string of the molecule is COc1ccc(N2C(=O)C[C@H](SC(=N)N3N=C(c4ccc(C)cc4)C[C@H]3c3ccc(Cl)cc3)C2=O)cc1. The number of carbonyl (C=O) groups is 2. The zero-order chi connectivity index (χ0) is 26.1. The van der Waals surface area contributed by atoms with E-state index in [9.17, 15) is 9.59 Å². The number of amidine groups is 1. The molecule has 0 aromatic heterocycles. The van der Waals surface area contributed by atoms with Crippen LogP contribution in [0.15, 0.2) is 77.9 Å². The van der Waals surface area contributed by atoms with E-state index in [1.807, 2.05) is 55.5 Å². The Morgan fingerprint density at radius 3 is 2.32 bits per heavy atom. The molecule has 2 aliphatic heterocycles. The number of aryl methyl sites for hydroxylation is 1. The number of imide groups is 1. The lowest BCUT2D eigenvalue weighted by Gasteiger charge is -2.24. The fourth-order valence-electron chi connectivity index (χ4n) is 4.45. The molecule has 1 fully saturated rings. The van der Waals surface area contributed by atoms with Crippen LogP contribution < -0.4 is 9.64 Å². The summed E-state index contributed by atoms with van der Waals surface area (Å²) in [7, 11) is 1.56. The molecule has 9 heteroatoms. The van der Waals surface area contributed by atoms with Gasteiger partial charge in [-0.1, -0.05) is 65.3 Å². The van der Waals surface area contributed by atoms with Crippen molar-refractivity contribution in [3.8, 4) is 5.75 Å². The van der Waals surface area contributed by atoms with E-state index in [0.29, 0.717) is 22.9 Å². The third-order valence-electron chi connectivity index (χ3n) is 6.45. The Labute approximate surface area is 224 Å². The summed E-state index contributed by atoms with van der Waals surface area (Å²) >= 11 is 7.17. The lowest BCUT2D eigenvalue weighted by molar-refractivity contribution is -0.121. The summed E-state index contributed by atoms with van der Waals surface area (Å²) in [5, 5.41) is 15.4. The number of carbonyl (C=O) groups excluding carboxylic acids is 2. The van der Waals surface area contributed by atoms with Gasteiger partial charge in [-0.2, -0.15) is 5.10 Å². The predicted octanol–water partition coefficient (Wildman–Crippen LogP) is 5.81. The van der Waals surface area contributed by atoms with Crippen LogP contribution in [-0.4, -0.2) is 40.1 Å². The Hall–Kier alpha value is -3.62. The Balaban J connectivity index is 1.38. The number of thioether (sulfide) groups is 1. The maximum atomic E-state index is 13.2. The van der Waals surface area contributed by atoms with Crippen LogP contribution in [0.4, 0.5) is 5.69 Å². The van der Waals surface area contributed by atoms with E-state index in [2.05, 4.69) is 0 Å². The van der Waals surface area contributed by atoms with Crippen molar-refractivity contribution in [2.75, 3.05) is 12.0 Å². The first-order chi connectivity index (χ1) is 17.8. The first-order valence-electron chi connectivity index (χ1n) is 11.8. The molecule has 188 valence electrons. The van der Waals surface area contributed by atoms with Crippen LogP contribution in [0.25, 0.3) is 0 Å². The van der Waals surface area contributed by atoms with Gasteiger partial charge in [0.1, 0.15) is 11.0 Å². The van der Waals surface area contributed by atoms with Gasteiger partial charge >= 0.3 is 0 Å². The number of methoxy groups -OCH3 is 1. The third kappa shape index (κ3) is 5.12. The van der Waals surface area contributed by atoms with Crippen molar-refractivity contribution in [3.05, 3.63) is 94.5 Å². The van der Waals surface area contributed by atoms with Gasteiger partial charge in [0.15, 0.2) is 5.17 Å². The second kappa shape index (κ2) is 10.4. The number of ether oxygens (including phenoxy) is 1. The predicted molar refractivity (Wildman–Crippen MR) is 148 cm³/mol. The summed E-state index contributed by atoms with van der Waals surface area (Å²) < 4.78 is 5.17. The second-order valence-electron chi connectivity index (χ2n) is 8.91. The zero-order valence-corrected chi connectivity index (χ0v) is 21.9. The number of benzene rings is 3. The van der Waals surface area contributed by atoms with Crippen molar-refractivity contribution in [1.29, 1.82) is 5.41 Å². The van der Waals surface area contributed by atoms with Gasteiger partial charge < -0.3 is 4.74 Å². The molecule has 0 spiro atoms. The highest BCUT2D eigenvalue weighted by Gasteiger charge is 2.42. The molecule has 3 aromatic rings. The number of hydrogen-bond donors (Lipinski definition) is 1. The van der Waals surface area contributed by atoms with Crippen LogP contribution in [0.3, 0.4) is 0 Å². The maximum absolute atomic E-state index is 13.2. The molecule has 5 rings (SSSR count). The van der Waals surface area contributed by atoms with Crippen molar-refractivity contribution in [2.45, 2.75) is 31.1 Å². The van der Waals surface area contributed by atoms with E-state index in [-0.39, 0.29) is 29.4 Å². The summed E-state index contributed by atoms with van der Waals surface area (Å²) in [6.07, 6.45) is 0.620. The minimum atomic E-state index is -0.702. The normalized spacial score (nSPS) is 19.4. The third-order valence-corrected chi connectivity index (χ3v) is 7.76. The van der Waals surface area contributed by atoms with Crippen LogP contribution in [0.2, 0.25) is 5.02 Å². The summed E-state index contributed by atoms with van der Waals surface area (Å²) in [5.74, 6) is 0.00921. The average Bonchev–Trinajstić information content (AvgIpc) is 3.46. The molecule has 1 N–H and O–H groups in total. The first kappa shape index (κ1) is 25.0. The fraction of sp³-hybridized carbons (Fsp3) is 0.214. The van der Waals surface area contributed by atoms with E-state index in [4.69, 9.17) is 26.8 Å². The zero-order valence-electron chi connectivity index (χ0n) is 20.3. The molecule has 0 unspecified atom stereocenters. The molecule has 37 heavy (non-hydrogen) atoms. The molecule has 0 saturated carbocycles. The van der Waals surface area contributed by atoms with Crippen molar-refractivity contribution in [2.24, 2.45) is 5.10 Å². The van der Waals surface area contributed by atoms with E-state index >= 15 is 0 Å². The maximum Gasteiger partial charge on any atom is 0.247 e. The molecular weight excluding hydrogens is 508 g/mol. The minimum absolute atomic E-state index is 0.0197. The van der Waals surface area contributed by atoms with Crippen LogP contribution in [0, 0.1) is 12.3 Å². The van der Waals surface area contributed by atoms with Crippen molar-refractivity contribution < 1.29 is 14.3 Å². The van der Waals surface area contributed by atoms with Gasteiger partial charge in [-0.3, -0.25) is 15.0 Å². The molecule has 2 heterocycles. The number of halogens is 1. The van der Waals surface area contributed by atoms with Gasteiger partial charge in [0.2, 0.25) is 11.8 Å². The highest BCUT2D eigenvalue weighted by molar-refractivity contribution is 8.14. The number of rotatable bonds is 5. The molecule has 0 aliphatic carbocycles. The van der Waals surface area contributed by atoms with Gasteiger partial charge in [0.05, 0.1) is 24.6 Å². The number of amides is 2. The van der Waals surface area contributed by atoms with Gasteiger partial charge in [0, 0.05) is 17.9 Å². The van der Waals surface area contributed by atoms with E-state index in [0.717, 1.165) is 34.2 Å². The Kier molecular flexibility index (Phi) is 7.04.